The summed E-state index contributed by atoms with van der Waals surface area (Å²) in [7, 11) is 0. The molecule has 2 amide bonds. The van der Waals surface area contributed by atoms with Crippen molar-refractivity contribution >= 4 is 17.8 Å². The minimum atomic E-state index is -1.12. The van der Waals surface area contributed by atoms with Gasteiger partial charge >= 0.3 is 5.97 Å². The zero-order chi connectivity index (χ0) is 15.7. The minimum absolute atomic E-state index is 0.219. The van der Waals surface area contributed by atoms with Gasteiger partial charge in [-0.25, -0.2) is 0 Å². The Balaban J connectivity index is 2.71. The minimum Gasteiger partial charge on any atom is -0.480 e. The van der Waals surface area contributed by atoms with E-state index in [4.69, 9.17) is 5.11 Å². The van der Waals surface area contributed by atoms with Crippen LogP contribution in [0, 0.1) is 0 Å². The van der Waals surface area contributed by atoms with Crippen molar-refractivity contribution in [1.29, 1.82) is 0 Å². The van der Waals surface area contributed by atoms with Crippen LogP contribution < -0.4 is 10.6 Å². The van der Waals surface area contributed by atoms with E-state index in [2.05, 4.69) is 10.6 Å². The van der Waals surface area contributed by atoms with Gasteiger partial charge in [-0.2, -0.15) is 0 Å². The van der Waals surface area contributed by atoms with Crippen LogP contribution in [-0.4, -0.2) is 35.5 Å². The molecule has 0 unspecified atom stereocenters. The predicted molar refractivity (Wildman–Crippen MR) is 77.6 cm³/mol. The number of nitrogens with one attached hydrogen (secondary N) is 2. The molecule has 1 aromatic rings. The average molecular weight is 292 g/mol. The van der Waals surface area contributed by atoms with E-state index in [1.54, 1.807) is 0 Å². The van der Waals surface area contributed by atoms with E-state index in [1.165, 1.54) is 0 Å². The summed E-state index contributed by atoms with van der Waals surface area (Å²) in [4.78, 5) is 34.2. The molecule has 0 aliphatic rings. The molecule has 6 nitrogen and oxygen atoms in total. The largest absolute Gasteiger partial charge is 0.480 e. The van der Waals surface area contributed by atoms with Crippen LogP contribution in [0.25, 0.3) is 0 Å². The molecule has 1 rings (SSSR count). The maximum Gasteiger partial charge on any atom is 0.322 e. The maximum atomic E-state index is 12.0. The Bertz CT molecular complexity index is 488. The lowest BCUT2D eigenvalue weighted by Gasteiger charge is -2.18. The number of carbonyl (C=O) groups excluding carboxylic acids is 2. The van der Waals surface area contributed by atoms with E-state index in [0.717, 1.165) is 5.56 Å². The van der Waals surface area contributed by atoms with Gasteiger partial charge in [-0.3, -0.25) is 14.4 Å². The number of aliphatic carboxylic acids is 1. The Morgan fingerprint density at radius 2 is 1.86 bits per heavy atom. The first-order chi connectivity index (χ1) is 10.0. The van der Waals surface area contributed by atoms with E-state index in [0.29, 0.717) is 19.3 Å². The molecular formula is C15H20N2O4. The summed E-state index contributed by atoms with van der Waals surface area (Å²) < 4.78 is 0. The van der Waals surface area contributed by atoms with Gasteiger partial charge in [-0.1, -0.05) is 37.3 Å². The molecule has 0 aliphatic carbocycles. The SMILES string of the molecule is CCCC(=O)N[C@@H](Cc1ccccc1)C(=O)NCC(=O)O. The van der Waals surface area contributed by atoms with E-state index < -0.39 is 24.5 Å². The van der Waals surface area contributed by atoms with Crippen molar-refractivity contribution in [3.05, 3.63) is 35.9 Å². The fourth-order valence-corrected chi connectivity index (χ4v) is 1.84. The van der Waals surface area contributed by atoms with Gasteiger partial charge in [0, 0.05) is 12.8 Å². The summed E-state index contributed by atoms with van der Waals surface area (Å²) in [6, 6.07) is 8.47. The molecule has 0 radical (unpaired) electrons. The van der Waals surface area contributed by atoms with Crippen LogP contribution in [0.1, 0.15) is 25.3 Å². The highest BCUT2D eigenvalue weighted by atomic mass is 16.4. The molecule has 3 N–H and O–H groups in total. The van der Waals surface area contributed by atoms with Crippen LogP contribution in [0.15, 0.2) is 30.3 Å². The molecule has 114 valence electrons. The van der Waals surface area contributed by atoms with Gasteiger partial charge in [0.15, 0.2) is 0 Å². The number of hydrogen-bond donors (Lipinski definition) is 3. The monoisotopic (exact) mass is 292 g/mol. The molecule has 6 heteroatoms. The van der Waals surface area contributed by atoms with Crippen molar-refractivity contribution in [1.82, 2.24) is 10.6 Å². The molecule has 0 bridgehead atoms. The third-order valence-corrected chi connectivity index (χ3v) is 2.83. The second-order valence-electron chi connectivity index (χ2n) is 4.67. The van der Waals surface area contributed by atoms with Crippen LogP contribution in [0.5, 0.6) is 0 Å². The third-order valence-electron chi connectivity index (χ3n) is 2.83. The molecule has 0 fully saturated rings. The Labute approximate surface area is 123 Å². The molecule has 21 heavy (non-hydrogen) atoms. The highest BCUT2D eigenvalue weighted by Gasteiger charge is 2.21. The van der Waals surface area contributed by atoms with Crippen molar-refractivity contribution in [2.75, 3.05) is 6.54 Å². The zero-order valence-corrected chi connectivity index (χ0v) is 12.0. The molecule has 0 saturated heterocycles. The lowest BCUT2D eigenvalue weighted by molar-refractivity contribution is -0.138. The molecule has 0 aliphatic heterocycles. The second-order valence-corrected chi connectivity index (χ2v) is 4.67. The van der Waals surface area contributed by atoms with Gasteiger partial charge in [0.25, 0.3) is 0 Å². The quantitative estimate of drug-likeness (QED) is 0.657. The number of benzene rings is 1. The number of carboxylic acids is 1. The van der Waals surface area contributed by atoms with Crippen molar-refractivity contribution in [3.8, 4) is 0 Å². The van der Waals surface area contributed by atoms with Crippen LogP contribution in [0.3, 0.4) is 0 Å². The van der Waals surface area contributed by atoms with E-state index in [9.17, 15) is 14.4 Å². The van der Waals surface area contributed by atoms with Gasteiger partial charge < -0.3 is 15.7 Å². The highest BCUT2D eigenvalue weighted by Crippen LogP contribution is 2.04. The van der Waals surface area contributed by atoms with Crippen molar-refractivity contribution in [2.45, 2.75) is 32.2 Å². The lowest BCUT2D eigenvalue weighted by atomic mass is 10.0. The van der Waals surface area contributed by atoms with Crippen molar-refractivity contribution in [3.63, 3.8) is 0 Å². The molecular weight excluding hydrogens is 272 g/mol. The van der Waals surface area contributed by atoms with Crippen LogP contribution in [0.2, 0.25) is 0 Å². The lowest BCUT2D eigenvalue weighted by Crippen LogP contribution is -2.49. The standard InChI is InChI=1S/C15H20N2O4/c1-2-6-13(18)17-12(15(21)16-10-14(19)20)9-11-7-4-3-5-8-11/h3-5,7-8,12H,2,6,9-10H2,1H3,(H,16,21)(H,17,18)(H,19,20)/t12-/m0/s1. The maximum absolute atomic E-state index is 12.0. The number of carbonyl (C=O) groups is 3. The molecule has 0 heterocycles. The number of carboxylic acid groups (broad SMARTS) is 1. The first-order valence-corrected chi connectivity index (χ1v) is 6.85. The Morgan fingerprint density at radius 1 is 1.19 bits per heavy atom. The topological polar surface area (TPSA) is 95.5 Å². The van der Waals surface area contributed by atoms with Crippen LogP contribution in [-0.2, 0) is 20.8 Å². The van der Waals surface area contributed by atoms with E-state index in [-0.39, 0.29) is 5.91 Å². The summed E-state index contributed by atoms with van der Waals surface area (Å²) in [6.07, 6.45) is 1.33. The summed E-state index contributed by atoms with van der Waals surface area (Å²) in [5.41, 5.74) is 0.893. The van der Waals surface area contributed by atoms with Crippen molar-refractivity contribution in [2.24, 2.45) is 0 Å². The second kappa shape index (κ2) is 8.73. The first kappa shape index (κ1) is 16.7. The summed E-state index contributed by atoms with van der Waals surface area (Å²) in [5.74, 6) is -1.84. The number of hydrogen-bond acceptors (Lipinski definition) is 3. The van der Waals surface area contributed by atoms with Crippen LogP contribution >= 0.6 is 0 Å². The highest BCUT2D eigenvalue weighted by molar-refractivity contribution is 5.89. The first-order valence-electron chi connectivity index (χ1n) is 6.85. The number of amides is 2. The Hall–Kier alpha value is -2.37. The molecule has 0 aromatic heterocycles. The van der Waals surface area contributed by atoms with Gasteiger partial charge in [0.05, 0.1) is 0 Å². The zero-order valence-electron chi connectivity index (χ0n) is 12.0. The summed E-state index contributed by atoms with van der Waals surface area (Å²) >= 11 is 0. The normalized spacial score (nSPS) is 11.5. The van der Waals surface area contributed by atoms with Crippen molar-refractivity contribution < 1.29 is 19.5 Å². The van der Waals surface area contributed by atoms with Gasteiger partial charge in [0.2, 0.25) is 11.8 Å². The van der Waals surface area contributed by atoms with Gasteiger partial charge in [0.1, 0.15) is 12.6 Å². The third kappa shape index (κ3) is 6.56. The van der Waals surface area contributed by atoms with Crippen LogP contribution in [0.4, 0.5) is 0 Å². The fourth-order valence-electron chi connectivity index (χ4n) is 1.84. The molecule has 1 aromatic carbocycles. The Kier molecular flexibility index (Phi) is 6.94. The molecule has 0 spiro atoms. The van der Waals surface area contributed by atoms with E-state index in [1.807, 2.05) is 37.3 Å². The predicted octanol–water partition coefficient (Wildman–Crippen LogP) is 0.715. The number of rotatable bonds is 8. The molecule has 0 saturated carbocycles. The Morgan fingerprint density at radius 3 is 2.43 bits per heavy atom. The molecule has 1 atom stereocenters. The summed E-state index contributed by atoms with van der Waals surface area (Å²) in [5, 5.41) is 13.5. The summed E-state index contributed by atoms with van der Waals surface area (Å²) in [6.45, 7) is 1.41. The average Bonchev–Trinajstić information content (AvgIpc) is 2.45. The smallest absolute Gasteiger partial charge is 0.322 e. The van der Waals surface area contributed by atoms with Gasteiger partial charge in [-0.05, 0) is 12.0 Å². The fraction of sp³-hybridized carbons (Fsp3) is 0.400. The van der Waals surface area contributed by atoms with Gasteiger partial charge in [-0.15, -0.1) is 0 Å². The van der Waals surface area contributed by atoms with E-state index >= 15 is 0 Å².